The van der Waals surface area contributed by atoms with E-state index in [0.29, 0.717) is 0 Å². The van der Waals surface area contributed by atoms with Gasteiger partial charge in [0.2, 0.25) is 0 Å². The summed E-state index contributed by atoms with van der Waals surface area (Å²) in [6.45, 7) is 0. The van der Waals surface area contributed by atoms with Crippen molar-refractivity contribution < 1.29 is 9.53 Å². The van der Waals surface area contributed by atoms with Crippen LogP contribution < -0.4 is 0 Å². The highest BCUT2D eigenvalue weighted by molar-refractivity contribution is 6.33. The molecule has 0 heterocycles. The van der Waals surface area contributed by atoms with Gasteiger partial charge in [0.05, 0.1) is 0 Å². The van der Waals surface area contributed by atoms with E-state index in [4.69, 9.17) is 27.9 Å². The van der Waals surface area contributed by atoms with Crippen molar-refractivity contribution in [1.82, 2.24) is 0 Å². The Labute approximate surface area is 82.2 Å². The Hall–Kier alpha value is 0.0500. The van der Waals surface area contributed by atoms with Crippen LogP contribution in [-0.2, 0) is 9.53 Å². The number of alkyl halides is 1. The number of halogens is 2. The van der Waals surface area contributed by atoms with Gasteiger partial charge in [0, 0.05) is 11.8 Å². The van der Waals surface area contributed by atoms with E-state index in [2.05, 4.69) is 0 Å². The molecule has 0 aromatic carbocycles. The van der Waals surface area contributed by atoms with Gasteiger partial charge in [-0.25, -0.2) is 0 Å². The molecule has 2 unspecified atom stereocenters. The van der Waals surface area contributed by atoms with Crippen molar-refractivity contribution >= 4 is 29.2 Å². The summed E-state index contributed by atoms with van der Waals surface area (Å²) in [6.07, 6.45) is 3.65. The first-order valence-corrected chi connectivity index (χ1v) is 4.87. The maximum Gasteiger partial charge on any atom is 0.326 e. The lowest BCUT2D eigenvalue weighted by molar-refractivity contribution is -0.145. The quantitative estimate of drug-likeness (QED) is 0.517. The zero-order valence-corrected chi connectivity index (χ0v) is 8.14. The first-order chi connectivity index (χ1) is 5.72. The molecule has 0 N–H and O–H groups in total. The SMILES string of the molecule is O=C([CH]Cl)OC1CCCC(Cl)C1. The van der Waals surface area contributed by atoms with E-state index in [9.17, 15) is 4.79 Å². The molecule has 2 atom stereocenters. The fourth-order valence-electron chi connectivity index (χ4n) is 1.38. The summed E-state index contributed by atoms with van der Waals surface area (Å²) < 4.78 is 5.00. The fraction of sp³-hybridized carbons (Fsp3) is 0.750. The number of hydrogen-bond acceptors (Lipinski definition) is 2. The summed E-state index contributed by atoms with van der Waals surface area (Å²) in [5.74, 6) is 0.449. The lowest BCUT2D eigenvalue weighted by atomic mass is 9.97. The molecule has 1 aliphatic carbocycles. The minimum atomic E-state index is -0.465. The topological polar surface area (TPSA) is 26.3 Å². The number of hydrogen-bond donors (Lipinski definition) is 0. The van der Waals surface area contributed by atoms with Crippen LogP contribution in [0.2, 0.25) is 0 Å². The largest absolute Gasteiger partial charge is 0.461 e. The minimum Gasteiger partial charge on any atom is -0.461 e. The van der Waals surface area contributed by atoms with Crippen LogP contribution in [0.15, 0.2) is 0 Å². The van der Waals surface area contributed by atoms with Gasteiger partial charge in [0.25, 0.3) is 0 Å². The highest BCUT2D eigenvalue weighted by Gasteiger charge is 2.22. The molecule has 0 aromatic heterocycles. The van der Waals surface area contributed by atoms with E-state index in [1.165, 1.54) is 0 Å². The van der Waals surface area contributed by atoms with E-state index in [-0.39, 0.29) is 11.5 Å². The number of ether oxygens (including phenoxy) is 1. The van der Waals surface area contributed by atoms with Gasteiger partial charge in [-0.2, -0.15) is 0 Å². The van der Waals surface area contributed by atoms with Crippen LogP contribution >= 0.6 is 23.2 Å². The molecule has 0 bridgehead atoms. The summed E-state index contributed by atoms with van der Waals surface area (Å²) in [6, 6.07) is 0. The van der Waals surface area contributed by atoms with E-state index in [0.717, 1.165) is 31.6 Å². The van der Waals surface area contributed by atoms with Gasteiger partial charge in [-0.05, 0) is 19.3 Å². The van der Waals surface area contributed by atoms with Crippen molar-refractivity contribution in [3.05, 3.63) is 5.88 Å². The summed E-state index contributed by atoms with van der Waals surface area (Å²) in [7, 11) is 0. The van der Waals surface area contributed by atoms with Crippen LogP contribution in [0.5, 0.6) is 0 Å². The zero-order valence-electron chi connectivity index (χ0n) is 6.63. The number of carbonyl (C=O) groups is 1. The molecule has 2 nitrogen and oxygen atoms in total. The van der Waals surface area contributed by atoms with Crippen LogP contribution in [0.4, 0.5) is 0 Å². The first-order valence-electron chi connectivity index (χ1n) is 4.00. The second-order valence-corrected chi connectivity index (χ2v) is 3.77. The minimum absolute atomic E-state index is 0.0382. The van der Waals surface area contributed by atoms with Crippen molar-refractivity contribution in [2.24, 2.45) is 0 Å². The summed E-state index contributed by atoms with van der Waals surface area (Å²) in [5.41, 5.74) is 0. The Morgan fingerprint density at radius 3 is 2.83 bits per heavy atom. The third kappa shape index (κ3) is 3.20. The normalized spacial score (nSPS) is 29.8. The molecular weight excluding hydrogens is 199 g/mol. The molecule has 4 heteroatoms. The average molecular weight is 210 g/mol. The molecule has 1 rings (SSSR count). The second kappa shape index (κ2) is 4.93. The molecule has 12 heavy (non-hydrogen) atoms. The molecule has 1 aliphatic rings. The smallest absolute Gasteiger partial charge is 0.326 e. The van der Waals surface area contributed by atoms with Crippen LogP contribution in [-0.4, -0.2) is 17.5 Å². The average Bonchev–Trinajstić information content (AvgIpc) is 2.04. The van der Waals surface area contributed by atoms with Crippen molar-refractivity contribution in [3.8, 4) is 0 Å². The van der Waals surface area contributed by atoms with E-state index in [1.54, 1.807) is 0 Å². The third-order valence-corrected chi connectivity index (χ3v) is 2.51. The molecule has 0 saturated heterocycles. The number of rotatable bonds is 2. The molecule has 1 fully saturated rings. The van der Waals surface area contributed by atoms with Crippen molar-refractivity contribution in [3.63, 3.8) is 0 Å². The number of carbonyl (C=O) groups excluding carboxylic acids is 1. The molecule has 1 saturated carbocycles. The maximum atomic E-state index is 10.7. The summed E-state index contributed by atoms with van der Waals surface area (Å²) in [5, 5.41) is 0.145. The standard InChI is InChI=1S/C8H11Cl2O2/c9-5-8(11)12-7-3-1-2-6(10)4-7/h5-7H,1-4H2. The lowest BCUT2D eigenvalue weighted by Gasteiger charge is -2.24. The number of esters is 1. The predicted molar refractivity (Wildman–Crippen MR) is 48.1 cm³/mol. The highest BCUT2D eigenvalue weighted by Crippen LogP contribution is 2.25. The molecule has 0 amide bonds. The van der Waals surface area contributed by atoms with Crippen molar-refractivity contribution in [2.45, 2.75) is 37.2 Å². The predicted octanol–water partition coefficient (Wildman–Crippen LogP) is 2.48. The summed E-state index contributed by atoms with van der Waals surface area (Å²) >= 11 is 11.1. The fourth-order valence-corrected chi connectivity index (χ4v) is 1.79. The molecule has 0 aromatic rings. The van der Waals surface area contributed by atoms with Crippen LogP contribution in [0.1, 0.15) is 25.7 Å². The molecule has 0 aliphatic heterocycles. The van der Waals surface area contributed by atoms with Crippen molar-refractivity contribution in [2.75, 3.05) is 0 Å². The van der Waals surface area contributed by atoms with Gasteiger partial charge in [0.15, 0.2) is 5.88 Å². The first kappa shape index (κ1) is 10.1. The lowest BCUT2D eigenvalue weighted by Crippen LogP contribution is -2.25. The van der Waals surface area contributed by atoms with Gasteiger partial charge in [-0.15, -0.1) is 23.2 Å². The second-order valence-electron chi connectivity index (χ2n) is 2.93. The van der Waals surface area contributed by atoms with Gasteiger partial charge in [-0.1, -0.05) is 0 Å². The van der Waals surface area contributed by atoms with Gasteiger partial charge in [0.1, 0.15) is 6.10 Å². The van der Waals surface area contributed by atoms with E-state index in [1.807, 2.05) is 0 Å². The monoisotopic (exact) mass is 209 g/mol. The Kier molecular flexibility index (Phi) is 4.16. The molecule has 1 radical (unpaired) electrons. The van der Waals surface area contributed by atoms with Gasteiger partial charge in [-0.3, -0.25) is 4.79 Å². The molecule has 69 valence electrons. The van der Waals surface area contributed by atoms with Gasteiger partial charge >= 0.3 is 5.97 Å². The Bertz CT molecular complexity index is 161. The highest BCUT2D eigenvalue weighted by atomic mass is 35.5. The Morgan fingerprint density at radius 2 is 2.25 bits per heavy atom. The molecular formula is C8H11Cl2O2. The van der Waals surface area contributed by atoms with Crippen LogP contribution in [0.25, 0.3) is 0 Å². The molecule has 0 spiro atoms. The maximum absolute atomic E-state index is 10.7. The Balaban J connectivity index is 2.27. The summed E-state index contributed by atoms with van der Waals surface area (Å²) in [4.78, 5) is 10.7. The van der Waals surface area contributed by atoms with E-state index < -0.39 is 5.97 Å². The third-order valence-electron chi connectivity index (χ3n) is 1.93. The Morgan fingerprint density at radius 1 is 1.50 bits per heavy atom. The van der Waals surface area contributed by atoms with E-state index >= 15 is 0 Å². The van der Waals surface area contributed by atoms with Crippen LogP contribution in [0, 0.1) is 5.88 Å². The van der Waals surface area contributed by atoms with Crippen molar-refractivity contribution in [1.29, 1.82) is 0 Å². The zero-order chi connectivity index (χ0) is 8.97. The van der Waals surface area contributed by atoms with Gasteiger partial charge < -0.3 is 4.74 Å². The van der Waals surface area contributed by atoms with Crippen LogP contribution in [0.3, 0.4) is 0 Å².